The Kier molecular flexibility index (Phi) is 4.79. The van der Waals surface area contributed by atoms with Gasteiger partial charge in [-0.1, -0.05) is 18.2 Å². The van der Waals surface area contributed by atoms with Gasteiger partial charge >= 0.3 is 0 Å². The molecule has 0 unspecified atom stereocenters. The van der Waals surface area contributed by atoms with Crippen molar-refractivity contribution in [2.24, 2.45) is 13.0 Å². The standard InChI is InChI=1S/C21H24N4O2/c1-24-12-10-22-21(24)20(27)16-5-4-11-25(14-16)19(26)9-8-15-13-23-18-7-3-2-6-17(15)18/h2-3,6-7,10,12-13,16,23H,4-5,8-9,11,14H2,1H3/t16-/m0/s1. The molecule has 2 aromatic heterocycles. The van der Waals surface area contributed by atoms with E-state index in [2.05, 4.69) is 16.0 Å². The van der Waals surface area contributed by atoms with Crippen molar-refractivity contribution < 1.29 is 9.59 Å². The zero-order chi connectivity index (χ0) is 18.8. The summed E-state index contributed by atoms with van der Waals surface area (Å²) in [5.74, 6) is 0.485. The summed E-state index contributed by atoms with van der Waals surface area (Å²) in [6.45, 7) is 1.23. The second kappa shape index (κ2) is 7.39. The number of hydrogen-bond acceptors (Lipinski definition) is 3. The number of nitrogens with one attached hydrogen (secondary N) is 1. The van der Waals surface area contributed by atoms with E-state index in [9.17, 15) is 9.59 Å². The number of piperidine rings is 1. The van der Waals surface area contributed by atoms with E-state index in [0.717, 1.165) is 30.5 Å². The van der Waals surface area contributed by atoms with Gasteiger partial charge in [0.25, 0.3) is 0 Å². The Hall–Kier alpha value is -2.89. The predicted molar refractivity (Wildman–Crippen MR) is 103 cm³/mol. The van der Waals surface area contributed by atoms with Crippen molar-refractivity contribution in [1.82, 2.24) is 19.4 Å². The van der Waals surface area contributed by atoms with Crippen molar-refractivity contribution in [3.8, 4) is 0 Å². The van der Waals surface area contributed by atoms with E-state index in [1.54, 1.807) is 17.0 Å². The van der Waals surface area contributed by atoms with Gasteiger partial charge in [-0.05, 0) is 30.9 Å². The molecular weight excluding hydrogens is 340 g/mol. The largest absolute Gasteiger partial charge is 0.361 e. The smallest absolute Gasteiger partial charge is 0.222 e. The minimum Gasteiger partial charge on any atom is -0.361 e. The second-order valence-corrected chi connectivity index (χ2v) is 7.26. The summed E-state index contributed by atoms with van der Waals surface area (Å²) in [5.41, 5.74) is 2.26. The lowest BCUT2D eigenvalue weighted by molar-refractivity contribution is -0.132. The molecule has 1 atom stereocenters. The van der Waals surface area contributed by atoms with E-state index in [1.807, 2.05) is 36.3 Å². The SMILES string of the molecule is Cn1ccnc1C(=O)[C@H]1CCCN(C(=O)CCc2c[nH]c3ccccc23)C1. The molecule has 0 saturated carbocycles. The number of carbonyl (C=O) groups excluding carboxylic acids is 2. The number of aryl methyl sites for hydroxylation is 2. The molecule has 1 aliphatic heterocycles. The summed E-state index contributed by atoms with van der Waals surface area (Å²) in [7, 11) is 1.83. The molecule has 1 aromatic carbocycles. The van der Waals surface area contributed by atoms with Gasteiger partial charge in [-0.25, -0.2) is 4.98 Å². The van der Waals surface area contributed by atoms with Gasteiger partial charge in [0.1, 0.15) is 0 Å². The maximum absolute atomic E-state index is 12.7. The number of benzene rings is 1. The van der Waals surface area contributed by atoms with Gasteiger partial charge in [-0.15, -0.1) is 0 Å². The van der Waals surface area contributed by atoms with Crippen molar-refractivity contribution >= 4 is 22.6 Å². The highest BCUT2D eigenvalue weighted by Crippen LogP contribution is 2.23. The van der Waals surface area contributed by atoms with Crippen molar-refractivity contribution in [2.75, 3.05) is 13.1 Å². The number of amides is 1. The molecule has 1 aliphatic rings. The third kappa shape index (κ3) is 3.52. The molecule has 1 N–H and O–H groups in total. The number of ketones is 1. The van der Waals surface area contributed by atoms with Crippen molar-refractivity contribution in [1.29, 1.82) is 0 Å². The van der Waals surface area contributed by atoms with Crippen LogP contribution in [0, 0.1) is 5.92 Å². The Bertz CT molecular complexity index is 971. The van der Waals surface area contributed by atoms with Crippen LogP contribution in [0.2, 0.25) is 0 Å². The Labute approximate surface area is 158 Å². The zero-order valence-electron chi connectivity index (χ0n) is 15.5. The maximum atomic E-state index is 12.7. The first kappa shape index (κ1) is 17.5. The summed E-state index contributed by atoms with van der Waals surface area (Å²) in [6, 6.07) is 8.13. The highest BCUT2D eigenvalue weighted by Gasteiger charge is 2.30. The summed E-state index contributed by atoms with van der Waals surface area (Å²) in [4.78, 5) is 34.7. The lowest BCUT2D eigenvalue weighted by Crippen LogP contribution is -2.42. The van der Waals surface area contributed by atoms with Crippen LogP contribution in [0.4, 0.5) is 0 Å². The Balaban J connectivity index is 1.38. The monoisotopic (exact) mass is 364 g/mol. The molecule has 1 amide bonds. The van der Waals surface area contributed by atoms with Gasteiger partial charge < -0.3 is 14.5 Å². The van der Waals surface area contributed by atoms with E-state index in [-0.39, 0.29) is 17.6 Å². The van der Waals surface area contributed by atoms with Crippen LogP contribution in [-0.2, 0) is 18.3 Å². The van der Waals surface area contributed by atoms with Crippen molar-refractivity contribution in [3.63, 3.8) is 0 Å². The minimum absolute atomic E-state index is 0.0385. The number of aromatic amines is 1. The molecule has 3 heterocycles. The topological polar surface area (TPSA) is 71.0 Å². The van der Waals surface area contributed by atoms with Crippen LogP contribution in [0.25, 0.3) is 10.9 Å². The maximum Gasteiger partial charge on any atom is 0.222 e. The molecule has 4 rings (SSSR count). The van der Waals surface area contributed by atoms with Crippen LogP contribution < -0.4 is 0 Å². The Morgan fingerprint density at radius 2 is 2.15 bits per heavy atom. The van der Waals surface area contributed by atoms with Crippen LogP contribution >= 0.6 is 0 Å². The molecule has 6 heteroatoms. The number of fused-ring (bicyclic) bond motifs is 1. The molecule has 3 aromatic rings. The number of likely N-dealkylation sites (tertiary alicyclic amines) is 1. The first-order valence-corrected chi connectivity index (χ1v) is 9.48. The average molecular weight is 364 g/mol. The number of hydrogen-bond donors (Lipinski definition) is 1. The van der Waals surface area contributed by atoms with Gasteiger partial charge in [0, 0.05) is 62.0 Å². The number of carbonyl (C=O) groups is 2. The Morgan fingerprint density at radius 3 is 2.96 bits per heavy atom. The van der Waals surface area contributed by atoms with E-state index in [0.29, 0.717) is 25.2 Å². The number of para-hydroxylation sites is 1. The fraction of sp³-hybridized carbons (Fsp3) is 0.381. The molecule has 140 valence electrons. The quantitative estimate of drug-likeness (QED) is 0.708. The van der Waals surface area contributed by atoms with Crippen molar-refractivity contribution in [3.05, 3.63) is 54.2 Å². The van der Waals surface area contributed by atoms with Crippen LogP contribution in [0.3, 0.4) is 0 Å². The number of H-pyrrole nitrogens is 1. The van der Waals surface area contributed by atoms with Crippen LogP contribution in [0.1, 0.15) is 35.4 Å². The molecule has 0 bridgehead atoms. The predicted octanol–water partition coefficient (Wildman–Crippen LogP) is 2.96. The molecule has 0 spiro atoms. The third-order valence-corrected chi connectivity index (χ3v) is 5.47. The van der Waals surface area contributed by atoms with E-state index < -0.39 is 0 Å². The zero-order valence-corrected chi connectivity index (χ0v) is 15.5. The van der Waals surface area contributed by atoms with Gasteiger partial charge in [-0.3, -0.25) is 9.59 Å². The summed E-state index contributed by atoms with van der Waals surface area (Å²) >= 11 is 0. The fourth-order valence-electron chi connectivity index (χ4n) is 3.94. The number of nitrogens with zero attached hydrogens (tertiary/aromatic N) is 3. The number of aromatic nitrogens is 3. The Morgan fingerprint density at radius 1 is 1.30 bits per heavy atom. The molecule has 1 saturated heterocycles. The summed E-state index contributed by atoms with van der Waals surface area (Å²) in [6.07, 6.45) is 8.25. The van der Waals surface area contributed by atoms with E-state index in [1.165, 1.54) is 5.39 Å². The van der Waals surface area contributed by atoms with Crippen molar-refractivity contribution in [2.45, 2.75) is 25.7 Å². The highest BCUT2D eigenvalue weighted by atomic mass is 16.2. The first-order chi connectivity index (χ1) is 13.1. The van der Waals surface area contributed by atoms with Crippen LogP contribution in [-0.4, -0.2) is 44.2 Å². The number of Topliss-reactive ketones (excluding diaryl/α,β-unsaturated/α-hetero) is 1. The van der Waals surface area contributed by atoms with E-state index >= 15 is 0 Å². The molecular formula is C21H24N4O2. The second-order valence-electron chi connectivity index (χ2n) is 7.26. The molecule has 6 nitrogen and oxygen atoms in total. The van der Waals surface area contributed by atoms with Gasteiger partial charge in [-0.2, -0.15) is 0 Å². The van der Waals surface area contributed by atoms with Gasteiger partial charge in [0.15, 0.2) is 5.82 Å². The third-order valence-electron chi connectivity index (χ3n) is 5.47. The first-order valence-electron chi connectivity index (χ1n) is 9.48. The summed E-state index contributed by atoms with van der Waals surface area (Å²) < 4.78 is 1.75. The summed E-state index contributed by atoms with van der Waals surface area (Å²) in [5, 5.41) is 1.17. The van der Waals surface area contributed by atoms with Crippen LogP contribution in [0.5, 0.6) is 0 Å². The number of imidazole rings is 1. The van der Waals surface area contributed by atoms with Crippen LogP contribution in [0.15, 0.2) is 42.9 Å². The van der Waals surface area contributed by atoms with E-state index in [4.69, 9.17) is 0 Å². The molecule has 1 fully saturated rings. The minimum atomic E-state index is -0.156. The lowest BCUT2D eigenvalue weighted by atomic mass is 9.93. The lowest BCUT2D eigenvalue weighted by Gasteiger charge is -2.32. The number of rotatable bonds is 5. The highest BCUT2D eigenvalue weighted by molar-refractivity contribution is 5.95. The van der Waals surface area contributed by atoms with Gasteiger partial charge in [0.2, 0.25) is 11.7 Å². The fourth-order valence-corrected chi connectivity index (χ4v) is 3.94. The molecule has 27 heavy (non-hydrogen) atoms. The van der Waals surface area contributed by atoms with Gasteiger partial charge in [0.05, 0.1) is 0 Å². The molecule has 0 radical (unpaired) electrons. The normalized spacial score (nSPS) is 17.4. The average Bonchev–Trinajstić information content (AvgIpc) is 3.31. The molecule has 0 aliphatic carbocycles.